The summed E-state index contributed by atoms with van der Waals surface area (Å²) in [6, 6.07) is 11.3. The second-order valence-corrected chi connectivity index (χ2v) is 5.49. The maximum Gasteiger partial charge on any atom is 0.320 e. The van der Waals surface area contributed by atoms with E-state index < -0.39 is 5.97 Å². The van der Waals surface area contributed by atoms with Gasteiger partial charge in [0.15, 0.2) is 5.82 Å². The molecule has 0 atom stereocenters. The summed E-state index contributed by atoms with van der Waals surface area (Å²) in [6.07, 6.45) is 2.31. The molecule has 0 saturated heterocycles. The van der Waals surface area contributed by atoms with Crippen molar-refractivity contribution in [3.63, 3.8) is 0 Å². The molecule has 0 bridgehead atoms. The Balaban J connectivity index is 1.77. The van der Waals surface area contributed by atoms with Gasteiger partial charge in [0, 0.05) is 26.1 Å². The van der Waals surface area contributed by atoms with Crippen molar-refractivity contribution in [3.05, 3.63) is 36.4 Å². The van der Waals surface area contributed by atoms with E-state index in [1.165, 1.54) is 0 Å². The van der Waals surface area contributed by atoms with Crippen LogP contribution in [0.1, 0.15) is 25.7 Å². The molecule has 2 rings (SSSR count). The maximum absolute atomic E-state index is 11.8. The summed E-state index contributed by atoms with van der Waals surface area (Å²) in [6.45, 7) is 0.504. The van der Waals surface area contributed by atoms with Crippen LogP contribution in [0.15, 0.2) is 36.4 Å². The van der Waals surface area contributed by atoms with E-state index >= 15 is 0 Å². The van der Waals surface area contributed by atoms with Crippen molar-refractivity contribution in [3.8, 4) is 11.3 Å². The summed E-state index contributed by atoms with van der Waals surface area (Å²) in [5.74, 6) is -0.301. The molecule has 0 aliphatic carbocycles. The Morgan fingerprint density at radius 1 is 1.17 bits per heavy atom. The number of carbonyl (C=O) groups excluding carboxylic acids is 1. The van der Waals surface area contributed by atoms with Crippen molar-refractivity contribution in [2.24, 2.45) is 7.05 Å². The number of nitrogens with one attached hydrogen (secondary N) is 2. The number of unbranched alkanes of at least 4 members (excludes halogenated alkanes) is 2. The highest BCUT2D eigenvalue weighted by Crippen LogP contribution is 2.21. The van der Waals surface area contributed by atoms with Crippen molar-refractivity contribution in [1.82, 2.24) is 15.1 Å². The predicted octanol–water partition coefficient (Wildman–Crippen LogP) is 2.85. The van der Waals surface area contributed by atoms with E-state index in [1.807, 2.05) is 43.4 Å². The number of aromatic nitrogens is 2. The molecule has 3 N–H and O–H groups in total. The van der Waals surface area contributed by atoms with E-state index in [9.17, 15) is 9.59 Å². The fourth-order valence-electron chi connectivity index (χ4n) is 2.35. The van der Waals surface area contributed by atoms with Gasteiger partial charge in [-0.25, -0.2) is 4.79 Å². The van der Waals surface area contributed by atoms with Crippen LogP contribution in [0, 0.1) is 0 Å². The average Bonchev–Trinajstić information content (AvgIpc) is 2.91. The zero-order valence-electron chi connectivity index (χ0n) is 13.7. The number of amides is 2. The Morgan fingerprint density at radius 3 is 2.62 bits per heavy atom. The van der Waals surface area contributed by atoms with Gasteiger partial charge in [0.1, 0.15) is 0 Å². The molecule has 0 saturated carbocycles. The van der Waals surface area contributed by atoms with Gasteiger partial charge in [-0.2, -0.15) is 5.10 Å². The molecule has 0 fully saturated rings. The van der Waals surface area contributed by atoms with Gasteiger partial charge in [0.2, 0.25) is 0 Å². The van der Waals surface area contributed by atoms with Crippen LogP contribution in [0.5, 0.6) is 0 Å². The minimum atomic E-state index is -0.787. The first-order valence-electron chi connectivity index (χ1n) is 7.92. The first-order valence-corrected chi connectivity index (χ1v) is 7.92. The molecule has 0 unspecified atom stereocenters. The van der Waals surface area contributed by atoms with Crippen LogP contribution in [0.25, 0.3) is 11.3 Å². The zero-order valence-corrected chi connectivity index (χ0v) is 13.7. The molecule has 2 amide bonds. The fourth-order valence-corrected chi connectivity index (χ4v) is 2.35. The Labute approximate surface area is 140 Å². The highest BCUT2D eigenvalue weighted by Gasteiger charge is 2.09. The van der Waals surface area contributed by atoms with Gasteiger partial charge in [0.25, 0.3) is 0 Å². The van der Waals surface area contributed by atoms with E-state index in [1.54, 1.807) is 4.68 Å². The second kappa shape index (κ2) is 8.71. The SMILES string of the molecule is Cn1nc(NC(=O)NCCCCCC(=O)O)cc1-c1ccccc1. The first kappa shape index (κ1) is 17.5. The Hall–Kier alpha value is -2.83. The van der Waals surface area contributed by atoms with Crippen LogP contribution >= 0.6 is 0 Å². The van der Waals surface area contributed by atoms with Crippen molar-refractivity contribution in [2.45, 2.75) is 25.7 Å². The summed E-state index contributed by atoms with van der Waals surface area (Å²) < 4.78 is 1.72. The predicted molar refractivity (Wildman–Crippen MR) is 91.8 cm³/mol. The van der Waals surface area contributed by atoms with Crippen molar-refractivity contribution in [1.29, 1.82) is 0 Å². The standard InChI is InChI=1S/C17H22N4O3/c1-21-14(13-8-4-2-5-9-13)12-15(20-21)19-17(24)18-11-7-3-6-10-16(22)23/h2,4-5,8-9,12H,3,6-7,10-11H2,1H3,(H,22,23)(H2,18,19,20,24). The minimum absolute atomic E-state index is 0.169. The molecular weight excluding hydrogens is 308 g/mol. The second-order valence-electron chi connectivity index (χ2n) is 5.49. The quantitative estimate of drug-likeness (QED) is 0.648. The number of carboxylic acid groups (broad SMARTS) is 1. The van der Waals surface area contributed by atoms with E-state index in [0.29, 0.717) is 18.8 Å². The summed E-state index contributed by atoms with van der Waals surface area (Å²) in [7, 11) is 1.83. The van der Waals surface area contributed by atoms with Gasteiger partial charge >= 0.3 is 12.0 Å². The Bertz CT molecular complexity index is 682. The number of benzene rings is 1. The molecule has 1 aromatic heterocycles. The highest BCUT2D eigenvalue weighted by atomic mass is 16.4. The molecule has 7 nitrogen and oxygen atoms in total. The minimum Gasteiger partial charge on any atom is -0.481 e. The summed E-state index contributed by atoms with van der Waals surface area (Å²) >= 11 is 0. The summed E-state index contributed by atoms with van der Waals surface area (Å²) in [5.41, 5.74) is 1.94. The number of aliphatic carboxylic acids is 1. The molecule has 0 spiro atoms. The lowest BCUT2D eigenvalue weighted by atomic mass is 10.1. The molecule has 0 radical (unpaired) electrons. The number of aryl methyl sites for hydroxylation is 1. The summed E-state index contributed by atoms with van der Waals surface area (Å²) in [4.78, 5) is 22.2. The normalized spacial score (nSPS) is 10.4. The monoisotopic (exact) mass is 330 g/mol. The molecular formula is C17H22N4O3. The van der Waals surface area contributed by atoms with Gasteiger partial charge < -0.3 is 10.4 Å². The number of nitrogens with zero attached hydrogens (tertiary/aromatic N) is 2. The third kappa shape index (κ3) is 5.42. The smallest absolute Gasteiger partial charge is 0.320 e. The number of carbonyl (C=O) groups is 2. The Morgan fingerprint density at radius 2 is 1.92 bits per heavy atom. The molecule has 128 valence electrons. The van der Waals surface area contributed by atoms with Gasteiger partial charge in [-0.3, -0.25) is 14.8 Å². The van der Waals surface area contributed by atoms with Gasteiger partial charge in [0.05, 0.1) is 5.69 Å². The number of anilines is 1. The average molecular weight is 330 g/mol. The lowest BCUT2D eigenvalue weighted by molar-refractivity contribution is -0.137. The van der Waals surface area contributed by atoms with Crippen LogP contribution < -0.4 is 10.6 Å². The molecule has 1 aromatic carbocycles. The number of urea groups is 1. The number of hydrogen-bond donors (Lipinski definition) is 3. The van der Waals surface area contributed by atoms with Crippen LogP contribution in [-0.2, 0) is 11.8 Å². The van der Waals surface area contributed by atoms with Crippen molar-refractivity contribution >= 4 is 17.8 Å². The maximum atomic E-state index is 11.8. The highest BCUT2D eigenvalue weighted by molar-refractivity contribution is 5.88. The van der Waals surface area contributed by atoms with Gasteiger partial charge in [-0.1, -0.05) is 36.8 Å². The molecule has 0 aliphatic heterocycles. The molecule has 7 heteroatoms. The van der Waals surface area contributed by atoms with E-state index in [-0.39, 0.29) is 12.5 Å². The molecule has 2 aromatic rings. The third-order valence-corrected chi connectivity index (χ3v) is 3.54. The lowest BCUT2D eigenvalue weighted by Gasteiger charge is -2.04. The van der Waals surface area contributed by atoms with Crippen LogP contribution in [0.4, 0.5) is 10.6 Å². The van der Waals surface area contributed by atoms with E-state index in [2.05, 4.69) is 15.7 Å². The van der Waals surface area contributed by atoms with Crippen molar-refractivity contribution < 1.29 is 14.7 Å². The number of rotatable bonds is 8. The number of hydrogen-bond acceptors (Lipinski definition) is 3. The molecule has 24 heavy (non-hydrogen) atoms. The van der Waals surface area contributed by atoms with E-state index in [4.69, 9.17) is 5.11 Å². The zero-order chi connectivity index (χ0) is 17.4. The van der Waals surface area contributed by atoms with Gasteiger partial charge in [-0.15, -0.1) is 0 Å². The van der Waals surface area contributed by atoms with Crippen molar-refractivity contribution in [2.75, 3.05) is 11.9 Å². The topological polar surface area (TPSA) is 96.3 Å². The summed E-state index contributed by atoms with van der Waals surface area (Å²) in [5, 5.41) is 18.3. The van der Waals surface area contributed by atoms with Crippen LogP contribution in [0.2, 0.25) is 0 Å². The lowest BCUT2D eigenvalue weighted by Crippen LogP contribution is -2.29. The third-order valence-electron chi connectivity index (χ3n) is 3.54. The molecule has 1 heterocycles. The number of carboxylic acids is 1. The fraction of sp³-hybridized carbons (Fsp3) is 0.353. The van der Waals surface area contributed by atoms with E-state index in [0.717, 1.165) is 24.1 Å². The van der Waals surface area contributed by atoms with Crippen LogP contribution in [0.3, 0.4) is 0 Å². The molecule has 0 aliphatic rings. The Kier molecular flexibility index (Phi) is 6.36. The first-order chi connectivity index (χ1) is 11.6. The van der Waals surface area contributed by atoms with Crippen LogP contribution in [-0.4, -0.2) is 33.4 Å². The van der Waals surface area contributed by atoms with Gasteiger partial charge in [-0.05, 0) is 18.4 Å². The largest absolute Gasteiger partial charge is 0.481 e.